The maximum Gasteiger partial charge on any atom is 0.297 e. The summed E-state index contributed by atoms with van der Waals surface area (Å²) in [4.78, 5) is 107. The molecule has 15 rings (SSSR count). The van der Waals surface area contributed by atoms with Gasteiger partial charge in [0.1, 0.15) is 107 Å². The second kappa shape index (κ2) is 37.1. The normalized spacial score (nSPS) is 12.2. The van der Waals surface area contributed by atoms with Crippen LogP contribution in [0.2, 0.25) is 5.02 Å². The van der Waals surface area contributed by atoms with Crippen molar-refractivity contribution >= 4 is 145 Å². The van der Waals surface area contributed by atoms with Crippen LogP contribution in [-0.2, 0) is 19.6 Å². The van der Waals surface area contributed by atoms with Gasteiger partial charge in [-0.2, -0.15) is 15.8 Å². The second-order valence-electron chi connectivity index (χ2n) is 29.4. The third-order valence-electron chi connectivity index (χ3n) is 20.1. The van der Waals surface area contributed by atoms with Crippen LogP contribution in [0.1, 0.15) is 143 Å². The molecule has 0 aliphatic heterocycles. The summed E-state index contributed by atoms with van der Waals surface area (Å²) in [6.45, 7) is 14.3. The molecule has 9 heterocycles. The number of amides is 3. The predicted molar refractivity (Wildman–Crippen MR) is 461 cm³/mol. The van der Waals surface area contributed by atoms with E-state index in [0.717, 1.165) is 14.2 Å². The van der Waals surface area contributed by atoms with Gasteiger partial charge in [0.05, 0.1) is 37.8 Å². The van der Waals surface area contributed by atoms with E-state index in [4.69, 9.17) is 57.0 Å². The molecule has 121 heavy (non-hydrogen) atoms. The van der Waals surface area contributed by atoms with Gasteiger partial charge in [-0.3, -0.25) is 42.5 Å². The summed E-state index contributed by atoms with van der Waals surface area (Å²) in [6, 6.07) is 44.3. The number of benzene rings is 6. The molecule has 9 aromatic heterocycles. The van der Waals surface area contributed by atoms with E-state index in [1.54, 1.807) is 108 Å². The van der Waals surface area contributed by atoms with Crippen molar-refractivity contribution in [3.8, 4) is 18.2 Å². The fourth-order valence-corrected chi connectivity index (χ4v) is 17.4. The van der Waals surface area contributed by atoms with Crippen LogP contribution in [0.15, 0.2) is 190 Å². The Balaban J connectivity index is 0.000000157. The van der Waals surface area contributed by atoms with Crippen molar-refractivity contribution in [2.45, 2.75) is 86.2 Å². The average Bonchev–Trinajstić information content (AvgIpc) is 1.63. The summed E-state index contributed by atoms with van der Waals surface area (Å²) < 4.78 is 79.9. The molecule has 0 radical (unpaired) electrons. The quantitative estimate of drug-likeness (QED) is 0.0473. The van der Waals surface area contributed by atoms with Crippen molar-refractivity contribution in [1.82, 2.24) is 43.4 Å². The highest BCUT2D eigenvalue weighted by Crippen LogP contribution is 2.39. The van der Waals surface area contributed by atoms with Gasteiger partial charge in [-0.25, -0.2) is 32.5 Å². The van der Waals surface area contributed by atoms with Crippen molar-refractivity contribution in [1.29, 1.82) is 15.8 Å². The zero-order chi connectivity index (χ0) is 86.5. The summed E-state index contributed by atoms with van der Waals surface area (Å²) in [7, 11) is 0. The Labute approximate surface area is 714 Å². The molecule has 0 spiro atoms. The highest BCUT2D eigenvalue weighted by molar-refractivity contribution is 9.10. The van der Waals surface area contributed by atoms with Crippen molar-refractivity contribution in [2.75, 3.05) is 39.3 Å². The zero-order valence-electron chi connectivity index (χ0n) is 66.1. The first-order valence-electron chi connectivity index (χ1n) is 38.2. The van der Waals surface area contributed by atoms with Gasteiger partial charge < -0.3 is 45.2 Å². The molecule has 0 aliphatic carbocycles. The van der Waals surface area contributed by atoms with Gasteiger partial charge in [-0.05, 0) is 182 Å². The Kier molecular flexibility index (Phi) is 26.6. The number of furan rings is 3. The maximum atomic E-state index is 14.5. The molecule has 3 unspecified atom stereocenters. The largest absolute Gasteiger partial charge is 0.448 e. The number of nitrogens with two attached hydrogens (primary N) is 3. The molecule has 3 amide bonds. The van der Waals surface area contributed by atoms with Crippen LogP contribution in [-0.4, -0.2) is 100 Å². The van der Waals surface area contributed by atoms with Gasteiger partial charge in [0.15, 0.2) is 0 Å². The number of thiophene rings is 3. The van der Waals surface area contributed by atoms with E-state index in [0.29, 0.717) is 85.8 Å². The lowest BCUT2D eigenvalue weighted by molar-refractivity contribution is 0.0606. The van der Waals surface area contributed by atoms with Crippen LogP contribution in [0.25, 0.3) is 66.2 Å². The van der Waals surface area contributed by atoms with Gasteiger partial charge in [-0.15, -0.1) is 34.0 Å². The Morgan fingerprint density at radius 3 is 1.05 bits per heavy atom. The molecule has 0 saturated carbocycles. The number of aryl methyl sites for hydroxylation is 1. The molecule has 618 valence electrons. The molecule has 0 saturated heterocycles. The first-order chi connectivity index (χ1) is 58.0. The maximum absolute atomic E-state index is 14.5. The number of carbonyl (C=O) groups excluding carboxylic acids is 3. The summed E-state index contributed by atoms with van der Waals surface area (Å²) in [6.07, 6.45) is 0. The van der Waals surface area contributed by atoms with Gasteiger partial charge in [0, 0.05) is 96.2 Å². The van der Waals surface area contributed by atoms with Gasteiger partial charge in [0.2, 0.25) is 16.7 Å². The van der Waals surface area contributed by atoms with E-state index in [-0.39, 0.29) is 133 Å². The number of nitriles is 3. The lowest BCUT2D eigenvalue weighted by Crippen LogP contribution is -2.43. The SMILES string of the molecule is CC(C)C(c1nc2c(oc3ccc(F)cc32)c(=O)n1Cc1ccc(C#N)s1)N(CCN)C(=O)c1ccc(Br)cc1.CC(C)C(c1nc2c(oc3ccc(F)cc32)c(=O)n1Cc1ccc(C#N)s1)N(CCN)C(=O)c1ccc(Cl)cc1.Cc1ccc(C(=O)N(CCN)C(c2nc3c(oc4ccc(F)cc43)c(=O)n2Cc2ccc(C#N)s2)C(C)C)cc1F. The molecule has 3 atom stereocenters. The lowest BCUT2D eigenvalue weighted by Gasteiger charge is -2.35. The van der Waals surface area contributed by atoms with Crippen LogP contribution in [0, 0.1) is 81.9 Å². The fraction of sp³-hybridized carbons (Fsp3) is 0.250. The van der Waals surface area contributed by atoms with Crippen LogP contribution in [0.3, 0.4) is 0 Å². The van der Waals surface area contributed by atoms with E-state index < -0.39 is 64.0 Å². The molecular weight excluding hydrogens is 1700 g/mol. The highest BCUT2D eigenvalue weighted by Gasteiger charge is 2.38. The Morgan fingerprint density at radius 1 is 0.455 bits per heavy atom. The van der Waals surface area contributed by atoms with Gasteiger partial charge in [-0.1, -0.05) is 75.1 Å². The van der Waals surface area contributed by atoms with Gasteiger partial charge >= 0.3 is 0 Å². The van der Waals surface area contributed by atoms with E-state index in [9.17, 15) is 62.1 Å². The molecule has 0 fully saturated rings. The Morgan fingerprint density at radius 2 is 0.760 bits per heavy atom. The number of fused-ring (bicyclic) bond motifs is 9. The highest BCUT2D eigenvalue weighted by atomic mass is 79.9. The van der Waals surface area contributed by atoms with E-state index in [2.05, 4.69) is 34.1 Å². The second-order valence-corrected chi connectivity index (χ2v) is 34.2. The van der Waals surface area contributed by atoms with Gasteiger partial charge in [0.25, 0.3) is 34.4 Å². The molecule has 0 aliphatic rings. The standard InChI is InChI=1S/C30H27F2N5O3S.C29H25BrFN5O3S.C29H25ClFN5O3S/c1-16(2)26(36(11-10-33)29(38)18-5-4-17(3)23(32)12-18)28-35-25-22-13-19(31)6-9-24(22)40-27(25)30(39)37(28)15-21-8-7-20(14-34)41-21;2*1-16(2)25(35(12-11-32)28(37)17-3-5-18(30)6-4-17)27-34-24-22-13-19(31)7-10-23(22)39-26(24)29(38)36(27)15-21-9-8-20(14-33)40-21/h4-9,12-13,16,26H,10-11,15,33H2,1-3H3;2*3-10,13,16,25H,11-12,15,32H2,1-2H3. The lowest BCUT2D eigenvalue weighted by atomic mass is 9.99. The third-order valence-corrected chi connectivity index (χ3v) is 23.8. The number of aromatic nitrogens is 6. The molecule has 33 heteroatoms. The zero-order valence-corrected chi connectivity index (χ0v) is 70.9. The van der Waals surface area contributed by atoms with E-state index in [1.807, 2.05) is 41.5 Å². The molecule has 0 bridgehead atoms. The third kappa shape index (κ3) is 18.1. The van der Waals surface area contributed by atoms with Crippen LogP contribution >= 0.6 is 61.5 Å². The monoisotopic (exact) mass is 1770 g/mol. The number of nitrogens with zero attached hydrogens (tertiary/aromatic N) is 12. The molecule has 6 N–H and O–H groups in total. The molecule has 6 aromatic carbocycles. The Bertz CT molecular complexity index is 6540. The minimum absolute atomic E-state index is 0.00599. The number of carbonyl (C=O) groups is 3. The Hall–Kier alpha value is -12.3. The fourth-order valence-electron chi connectivity index (χ4n) is 14.6. The van der Waals surface area contributed by atoms with Crippen LogP contribution < -0.4 is 33.9 Å². The summed E-state index contributed by atoms with van der Waals surface area (Å²) in [5, 5.41) is 29.5. The number of hydrogen-bond acceptors (Lipinski definition) is 21. The van der Waals surface area contributed by atoms with Crippen LogP contribution in [0.4, 0.5) is 17.6 Å². The predicted octanol–water partition coefficient (Wildman–Crippen LogP) is 17.0. The first-order valence-corrected chi connectivity index (χ1v) is 41.8. The first kappa shape index (κ1) is 86.6. The van der Waals surface area contributed by atoms with Crippen LogP contribution in [0.5, 0.6) is 0 Å². The summed E-state index contributed by atoms with van der Waals surface area (Å²) in [5.74, 6) is -2.83. The van der Waals surface area contributed by atoms with Crippen molar-refractivity contribution in [2.24, 2.45) is 35.0 Å². The molecule has 15 aromatic rings. The van der Waals surface area contributed by atoms with E-state index in [1.165, 1.54) is 119 Å². The minimum atomic E-state index is -0.776. The smallest absolute Gasteiger partial charge is 0.297 e. The van der Waals surface area contributed by atoms with Crippen molar-refractivity contribution in [3.63, 3.8) is 0 Å². The number of halogens is 6. The molecule has 24 nitrogen and oxygen atoms in total. The topological polar surface area (TPSA) is 354 Å². The molecular formula is C88H77BrClF4N15O9S3. The summed E-state index contributed by atoms with van der Waals surface area (Å²) in [5.41, 5.74) is 19.4. The van der Waals surface area contributed by atoms with E-state index >= 15 is 0 Å². The average molecular weight is 1780 g/mol. The van der Waals surface area contributed by atoms with Crippen molar-refractivity contribution < 1.29 is 45.2 Å². The summed E-state index contributed by atoms with van der Waals surface area (Å²) >= 11 is 13.2. The minimum Gasteiger partial charge on any atom is -0.448 e. The number of rotatable bonds is 24. The van der Waals surface area contributed by atoms with Crippen molar-refractivity contribution in [3.05, 3.63) is 291 Å². The number of hydrogen-bond donors (Lipinski definition) is 3.